The Morgan fingerprint density at radius 2 is 1.59 bits per heavy atom. The molecule has 0 spiro atoms. The van der Waals surface area contributed by atoms with E-state index < -0.39 is 10.0 Å². The van der Waals surface area contributed by atoms with Crippen molar-refractivity contribution >= 4 is 21.6 Å². The van der Waals surface area contributed by atoms with Gasteiger partial charge in [-0.05, 0) is 30.2 Å². The van der Waals surface area contributed by atoms with Gasteiger partial charge in [-0.25, -0.2) is 8.42 Å². The molecule has 1 N–H and O–H groups in total. The Balaban J connectivity index is 1.57. The smallest absolute Gasteiger partial charge is 0.236 e. The summed E-state index contributed by atoms with van der Waals surface area (Å²) in [6.45, 7) is 4.36. The molecule has 1 aliphatic heterocycles. The van der Waals surface area contributed by atoms with E-state index in [0.29, 0.717) is 38.4 Å². The van der Waals surface area contributed by atoms with E-state index in [-0.39, 0.29) is 11.7 Å². The van der Waals surface area contributed by atoms with Crippen molar-refractivity contribution in [2.24, 2.45) is 0 Å². The lowest BCUT2D eigenvalue weighted by molar-refractivity contribution is -0.134. The highest BCUT2D eigenvalue weighted by Crippen LogP contribution is 2.15. The van der Waals surface area contributed by atoms with Crippen molar-refractivity contribution < 1.29 is 17.9 Å². The van der Waals surface area contributed by atoms with Crippen LogP contribution in [-0.2, 0) is 31.7 Å². The lowest BCUT2D eigenvalue weighted by Crippen LogP contribution is -2.41. The molecule has 27 heavy (non-hydrogen) atoms. The van der Waals surface area contributed by atoms with Gasteiger partial charge in [-0.2, -0.15) is 0 Å². The van der Waals surface area contributed by atoms with Crippen LogP contribution >= 0.6 is 0 Å². The van der Waals surface area contributed by atoms with E-state index in [4.69, 9.17) is 4.74 Å². The number of anilines is 1. The van der Waals surface area contributed by atoms with Crippen molar-refractivity contribution in [1.29, 1.82) is 0 Å². The molecule has 0 aliphatic carbocycles. The highest BCUT2D eigenvalue weighted by atomic mass is 32.2. The number of aryl methyl sites for hydroxylation is 1. The van der Waals surface area contributed by atoms with Crippen molar-refractivity contribution in [2.45, 2.75) is 19.1 Å². The topological polar surface area (TPSA) is 75.7 Å². The molecular weight excluding hydrogens is 364 g/mol. The Kier molecular flexibility index (Phi) is 6.13. The highest BCUT2D eigenvalue weighted by molar-refractivity contribution is 7.91. The van der Waals surface area contributed by atoms with E-state index in [1.54, 1.807) is 29.2 Å². The minimum absolute atomic E-state index is 0.0611. The lowest BCUT2D eigenvalue weighted by atomic mass is 10.1. The number of amides is 1. The first-order valence-electron chi connectivity index (χ1n) is 8.92. The molecule has 1 heterocycles. The number of morpholine rings is 1. The maximum atomic E-state index is 12.3. The first kappa shape index (κ1) is 19.4. The van der Waals surface area contributed by atoms with Gasteiger partial charge in [0.05, 0.1) is 25.4 Å². The standard InChI is InChI=1S/C20H24N2O4S/c1-16-2-4-18(5-3-16)15-27(24,25)21-19-8-6-17(7-9-19)14-20(23)22-10-12-26-13-11-22/h2-9,21H,10-15H2,1H3. The summed E-state index contributed by atoms with van der Waals surface area (Å²) >= 11 is 0. The van der Waals surface area contributed by atoms with Crippen LogP contribution in [0.25, 0.3) is 0 Å². The lowest BCUT2D eigenvalue weighted by Gasteiger charge is -2.26. The first-order chi connectivity index (χ1) is 12.9. The molecule has 1 saturated heterocycles. The Labute approximate surface area is 160 Å². The van der Waals surface area contributed by atoms with Crippen molar-refractivity contribution in [1.82, 2.24) is 4.90 Å². The summed E-state index contributed by atoms with van der Waals surface area (Å²) in [5, 5.41) is 0. The molecule has 2 aromatic carbocycles. The third-order valence-corrected chi connectivity index (χ3v) is 5.68. The van der Waals surface area contributed by atoms with Gasteiger partial charge in [-0.15, -0.1) is 0 Å². The fraction of sp³-hybridized carbons (Fsp3) is 0.350. The Morgan fingerprint density at radius 1 is 1.00 bits per heavy atom. The molecule has 2 aromatic rings. The monoisotopic (exact) mass is 388 g/mol. The minimum Gasteiger partial charge on any atom is -0.378 e. The fourth-order valence-corrected chi connectivity index (χ4v) is 4.11. The fourth-order valence-electron chi connectivity index (χ4n) is 2.91. The molecular formula is C20H24N2O4S. The van der Waals surface area contributed by atoms with Crippen molar-refractivity contribution in [3.63, 3.8) is 0 Å². The summed E-state index contributed by atoms with van der Waals surface area (Å²) in [7, 11) is -3.49. The number of nitrogens with zero attached hydrogens (tertiary/aromatic N) is 1. The van der Waals surface area contributed by atoms with Gasteiger partial charge < -0.3 is 9.64 Å². The number of hydrogen-bond acceptors (Lipinski definition) is 4. The average Bonchev–Trinajstić information content (AvgIpc) is 2.65. The summed E-state index contributed by atoms with van der Waals surface area (Å²) in [4.78, 5) is 14.1. The van der Waals surface area contributed by atoms with Gasteiger partial charge in [0.25, 0.3) is 0 Å². The molecule has 3 rings (SSSR count). The molecule has 0 saturated carbocycles. The summed E-state index contributed by atoms with van der Waals surface area (Å²) < 4.78 is 32.5. The highest BCUT2D eigenvalue weighted by Gasteiger charge is 2.17. The van der Waals surface area contributed by atoms with Crippen LogP contribution in [0.5, 0.6) is 0 Å². The van der Waals surface area contributed by atoms with Crippen LogP contribution in [0.15, 0.2) is 48.5 Å². The Bertz CT molecular complexity index is 871. The number of benzene rings is 2. The van der Waals surface area contributed by atoms with Gasteiger partial charge in [0.2, 0.25) is 15.9 Å². The number of ether oxygens (including phenoxy) is 1. The summed E-state index contributed by atoms with van der Waals surface area (Å²) in [5.74, 6) is -0.0177. The van der Waals surface area contributed by atoms with Crippen LogP contribution in [0.1, 0.15) is 16.7 Å². The molecule has 1 amide bonds. The van der Waals surface area contributed by atoms with Crippen LogP contribution < -0.4 is 4.72 Å². The number of hydrogen-bond donors (Lipinski definition) is 1. The molecule has 7 heteroatoms. The zero-order valence-electron chi connectivity index (χ0n) is 15.3. The number of sulfonamides is 1. The number of carbonyl (C=O) groups excluding carboxylic acids is 1. The van der Waals surface area contributed by atoms with Crippen LogP contribution in [0.3, 0.4) is 0 Å². The quantitative estimate of drug-likeness (QED) is 0.824. The van der Waals surface area contributed by atoms with E-state index in [1.807, 2.05) is 31.2 Å². The van der Waals surface area contributed by atoms with Crippen LogP contribution in [0.4, 0.5) is 5.69 Å². The van der Waals surface area contributed by atoms with Crippen LogP contribution in [-0.4, -0.2) is 45.5 Å². The van der Waals surface area contributed by atoms with E-state index in [1.165, 1.54) is 0 Å². The van der Waals surface area contributed by atoms with Gasteiger partial charge in [0, 0.05) is 18.8 Å². The van der Waals surface area contributed by atoms with Gasteiger partial charge >= 0.3 is 0 Å². The minimum atomic E-state index is -3.49. The zero-order valence-corrected chi connectivity index (χ0v) is 16.2. The molecule has 6 nitrogen and oxygen atoms in total. The molecule has 0 radical (unpaired) electrons. The van der Waals surface area contributed by atoms with Gasteiger partial charge in [0.15, 0.2) is 0 Å². The molecule has 1 fully saturated rings. The van der Waals surface area contributed by atoms with E-state index in [9.17, 15) is 13.2 Å². The normalized spacial score (nSPS) is 14.8. The zero-order chi connectivity index (χ0) is 19.3. The molecule has 1 aliphatic rings. The van der Waals surface area contributed by atoms with Gasteiger partial charge in [-0.3, -0.25) is 9.52 Å². The SMILES string of the molecule is Cc1ccc(CS(=O)(=O)Nc2ccc(CC(=O)N3CCOCC3)cc2)cc1. The van der Waals surface area contributed by atoms with E-state index in [0.717, 1.165) is 16.7 Å². The summed E-state index contributed by atoms with van der Waals surface area (Å²) in [6, 6.07) is 14.4. The number of nitrogens with one attached hydrogen (secondary N) is 1. The van der Waals surface area contributed by atoms with Crippen LogP contribution in [0.2, 0.25) is 0 Å². The third kappa shape index (κ3) is 5.80. The second kappa shape index (κ2) is 8.54. The van der Waals surface area contributed by atoms with Gasteiger partial charge in [0.1, 0.15) is 0 Å². The predicted molar refractivity (Wildman–Crippen MR) is 105 cm³/mol. The molecule has 0 unspecified atom stereocenters. The third-order valence-electron chi connectivity index (χ3n) is 4.42. The van der Waals surface area contributed by atoms with Crippen molar-refractivity contribution in [3.8, 4) is 0 Å². The Hall–Kier alpha value is -2.38. The maximum Gasteiger partial charge on any atom is 0.236 e. The molecule has 0 atom stereocenters. The maximum absolute atomic E-state index is 12.3. The van der Waals surface area contributed by atoms with E-state index >= 15 is 0 Å². The van der Waals surface area contributed by atoms with Crippen molar-refractivity contribution in [3.05, 3.63) is 65.2 Å². The Morgan fingerprint density at radius 3 is 2.22 bits per heavy atom. The first-order valence-corrected chi connectivity index (χ1v) is 10.6. The second-order valence-electron chi connectivity index (χ2n) is 6.71. The number of rotatable bonds is 6. The molecule has 0 bridgehead atoms. The largest absolute Gasteiger partial charge is 0.378 e. The number of carbonyl (C=O) groups is 1. The van der Waals surface area contributed by atoms with Crippen LogP contribution in [0, 0.1) is 6.92 Å². The second-order valence-corrected chi connectivity index (χ2v) is 8.44. The molecule has 0 aromatic heterocycles. The van der Waals surface area contributed by atoms with Crippen molar-refractivity contribution in [2.75, 3.05) is 31.0 Å². The predicted octanol–water partition coefficient (Wildman–Crippen LogP) is 2.34. The summed E-state index contributed by atoms with van der Waals surface area (Å²) in [5.41, 5.74) is 3.17. The summed E-state index contributed by atoms with van der Waals surface area (Å²) in [6.07, 6.45) is 0.302. The van der Waals surface area contributed by atoms with E-state index in [2.05, 4.69) is 4.72 Å². The average molecular weight is 388 g/mol. The molecule has 144 valence electrons. The van der Waals surface area contributed by atoms with Gasteiger partial charge in [-0.1, -0.05) is 42.0 Å².